The largest absolute Gasteiger partial charge is 0.251 e. The fraction of sp³-hybridized carbons (Fsp3) is 0.136. The molecule has 0 aliphatic rings. The van der Waals surface area contributed by atoms with E-state index in [1.54, 1.807) is 11.3 Å². The number of fused-ring (bicyclic) bond motifs is 1. The van der Waals surface area contributed by atoms with Gasteiger partial charge in [0.1, 0.15) is 5.01 Å². The van der Waals surface area contributed by atoms with Crippen LogP contribution in [0, 0.1) is 13.8 Å². The minimum absolute atomic E-state index is 0.879. The fourth-order valence-corrected chi connectivity index (χ4v) is 3.88. The summed E-state index contributed by atoms with van der Waals surface area (Å²) in [7, 11) is 0. The first-order valence-electron chi connectivity index (χ1n) is 8.57. The van der Waals surface area contributed by atoms with Crippen LogP contribution in [0.2, 0.25) is 0 Å². The summed E-state index contributed by atoms with van der Waals surface area (Å²) in [5, 5.41) is 0.938. The summed E-state index contributed by atoms with van der Waals surface area (Å²) in [5.74, 6) is 0. The number of aliphatic imine (C=N–C) groups is 1. The molecule has 0 aliphatic carbocycles. The summed E-state index contributed by atoms with van der Waals surface area (Å²) in [4.78, 5) is 14.4. The van der Waals surface area contributed by atoms with Crippen molar-refractivity contribution in [1.29, 1.82) is 0 Å². The highest BCUT2D eigenvalue weighted by atomic mass is 32.1. The van der Waals surface area contributed by atoms with Gasteiger partial charge in [0, 0.05) is 0 Å². The lowest BCUT2D eigenvalue weighted by molar-refractivity contribution is 1.25. The zero-order chi connectivity index (χ0) is 18.1. The van der Waals surface area contributed by atoms with Crippen LogP contribution in [0.3, 0.4) is 0 Å². The van der Waals surface area contributed by atoms with E-state index in [1.807, 2.05) is 43.3 Å². The highest BCUT2D eigenvalue weighted by Gasteiger charge is 2.10. The zero-order valence-corrected chi connectivity index (χ0v) is 15.8. The van der Waals surface area contributed by atoms with E-state index in [4.69, 9.17) is 15.0 Å². The summed E-state index contributed by atoms with van der Waals surface area (Å²) in [6, 6.07) is 20.4. The molecule has 0 amide bonds. The molecule has 3 nitrogen and oxygen atoms in total. The molecule has 4 aromatic rings. The van der Waals surface area contributed by atoms with Crippen LogP contribution < -0.4 is 0 Å². The number of pyridine rings is 1. The van der Waals surface area contributed by atoms with Gasteiger partial charge in [-0.1, -0.05) is 36.4 Å². The second kappa shape index (κ2) is 6.81. The number of aryl methyl sites for hydroxylation is 2. The molecule has 0 N–H and O–H groups in total. The standard InChI is InChI=1S/C22H19N3S/c1-14-8-6-9-15(2)21(14)23-16(3)17-11-7-12-19(24-17)22-25-18-10-4-5-13-20(18)26-22/h4-13H,1-3H3. The van der Waals surface area contributed by atoms with Crippen LogP contribution in [-0.4, -0.2) is 15.7 Å². The second-order valence-corrected chi connectivity index (χ2v) is 7.36. The first-order valence-corrected chi connectivity index (χ1v) is 9.38. The van der Waals surface area contributed by atoms with Crippen LogP contribution in [-0.2, 0) is 0 Å². The Morgan fingerprint density at radius 3 is 2.35 bits per heavy atom. The molecule has 0 fully saturated rings. The maximum atomic E-state index is 4.84. The second-order valence-electron chi connectivity index (χ2n) is 6.33. The Bertz CT molecular complexity index is 1070. The Labute approximate surface area is 157 Å². The molecule has 0 spiro atoms. The van der Waals surface area contributed by atoms with Crippen molar-refractivity contribution < 1.29 is 0 Å². The monoisotopic (exact) mass is 357 g/mol. The third-order valence-corrected chi connectivity index (χ3v) is 5.41. The van der Waals surface area contributed by atoms with Crippen molar-refractivity contribution >= 4 is 33.0 Å². The van der Waals surface area contributed by atoms with Crippen LogP contribution in [0.25, 0.3) is 20.9 Å². The van der Waals surface area contributed by atoms with Gasteiger partial charge in [0.2, 0.25) is 0 Å². The summed E-state index contributed by atoms with van der Waals surface area (Å²) in [6.45, 7) is 6.19. The van der Waals surface area contributed by atoms with E-state index in [-0.39, 0.29) is 0 Å². The Kier molecular flexibility index (Phi) is 4.35. The summed E-state index contributed by atoms with van der Waals surface area (Å²) in [6.07, 6.45) is 0. The van der Waals surface area contributed by atoms with E-state index < -0.39 is 0 Å². The topological polar surface area (TPSA) is 38.1 Å². The number of hydrogen-bond donors (Lipinski definition) is 0. The molecule has 2 aromatic carbocycles. The quantitative estimate of drug-likeness (QED) is 0.415. The van der Waals surface area contributed by atoms with Gasteiger partial charge in [0.15, 0.2) is 0 Å². The predicted octanol–water partition coefficient (Wildman–Crippen LogP) is 6.12. The van der Waals surface area contributed by atoms with E-state index in [1.165, 1.54) is 15.8 Å². The third-order valence-electron chi connectivity index (χ3n) is 4.35. The first-order chi connectivity index (χ1) is 12.6. The molecule has 26 heavy (non-hydrogen) atoms. The van der Waals surface area contributed by atoms with Gasteiger partial charge < -0.3 is 0 Å². The number of para-hydroxylation sites is 2. The first kappa shape index (κ1) is 16.6. The van der Waals surface area contributed by atoms with Crippen molar-refractivity contribution in [1.82, 2.24) is 9.97 Å². The molecule has 0 bridgehead atoms. The molecular formula is C22H19N3S. The highest BCUT2D eigenvalue weighted by molar-refractivity contribution is 7.21. The molecule has 4 rings (SSSR count). The Balaban J connectivity index is 1.74. The van der Waals surface area contributed by atoms with Crippen LogP contribution in [0.5, 0.6) is 0 Å². The van der Waals surface area contributed by atoms with Crippen LogP contribution in [0.1, 0.15) is 23.7 Å². The van der Waals surface area contributed by atoms with Gasteiger partial charge in [0.25, 0.3) is 0 Å². The molecular weight excluding hydrogens is 338 g/mol. The van der Waals surface area contributed by atoms with Crippen LogP contribution in [0.4, 0.5) is 5.69 Å². The Hall–Kier alpha value is -2.85. The average Bonchev–Trinajstić information content (AvgIpc) is 3.09. The zero-order valence-electron chi connectivity index (χ0n) is 15.0. The van der Waals surface area contributed by atoms with Gasteiger partial charge >= 0.3 is 0 Å². The molecule has 0 saturated heterocycles. The van der Waals surface area contributed by atoms with E-state index in [9.17, 15) is 0 Å². The summed E-state index contributed by atoms with van der Waals surface area (Å²) < 4.78 is 1.18. The maximum absolute atomic E-state index is 4.84. The molecule has 2 aromatic heterocycles. The minimum Gasteiger partial charge on any atom is -0.251 e. The van der Waals surface area contributed by atoms with Crippen molar-refractivity contribution in [2.75, 3.05) is 0 Å². The molecule has 0 unspecified atom stereocenters. The molecule has 2 heterocycles. The van der Waals surface area contributed by atoms with Gasteiger partial charge in [-0.2, -0.15) is 0 Å². The van der Waals surface area contributed by atoms with Gasteiger partial charge in [-0.15, -0.1) is 11.3 Å². The summed E-state index contributed by atoms with van der Waals surface area (Å²) >= 11 is 1.67. The molecule has 4 heteroatoms. The normalized spacial score (nSPS) is 11.9. The Morgan fingerprint density at radius 2 is 1.58 bits per heavy atom. The lowest BCUT2D eigenvalue weighted by Crippen LogP contribution is -1.99. The van der Waals surface area contributed by atoms with E-state index >= 15 is 0 Å². The fourth-order valence-electron chi connectivity index (χ4n) is 2.94. The van der Waals surface area contributed by atoms with Crippen LogP contribution in [0.15, 0.2) is 65.7 Å². The molecule has 0 atom stereocenters. The van der Waals surface area contributed by atoms with Crippen LogP contribution >= 0.6 is 11.3 Å². The highest BCUT2D eigenvalue weighted by Crippen LogP contribution is 2.29. The van der Waals surface area contributed by atoms with Crippen molar-refractivity contribution in [2.24, 2.45) is 4.99 Å². The lowest BCUT2D eigenvalue weighted by Gasteiger charge is -2.07. The number of aromatic nitrogens is 2. The molecule has 128 valence electrons. The maximum Gasteiger partial charge on any atom is 0.143 e. The SMILES string of the molecule is CC(=Nc1c(C)cccc1C)c1cccc(-c2nc3ccccc3s2)n1. The lowest BCUT2D eigenvalue weighted by atomic mass is 10.1. The average molecular weight is 357 g/mol. The number of nitrogens with zero attached hydrogens (tertiary/aromatic N) is 3. The number of rotatable bonds is 3. The molecule has 0 radical (unpaired) electrons. The third kappa shape index (κ3) is 3.16. The van der Waals surface area contributed by atoms with Gasteiger partial charge in [-0.3, -0.25) is 4.99 Å². The number of thiazole rings is 1. The van der Waals surface area contributed by atoms with E-state index in [0.29, 0.717) is 0 Å². The smallest absolute Gasteiger partial charge is 0.143 e. The van der Waals surface area contributed by atoms with Crippen molar-refractivity contribution in [3.63, 3.8) is 0 Å². The predicted molar refractivity (Wildman–Crippen MR) is 111 cm³/mol. The van der Waals surface area contributed by atoms with Gasteiger partial charge in [-0.25, -0.2) is 9.97 Å². The summed E-state index contributed by atoms with van der Waals surface area (Å²) in [5.41, 5.74) is 7.06. The van der Waals surface area contributed by atoms with Gasteiger partial charge in [0.05, 0.1) is 33.0 Å². The van der Waals surface area contributed by atoms with E-state index in [2.05, 4.69) is 38.1 Å². The minimum atomic E-state index is 0.879. The number of hydrogen-bond acceptors (Lipinski definition) is 4. The van der Waals surface area contributed by atoms with Gasteiger partial charge in [-0.05, 0) is 56.2 Å². The number of benzene rings is 2. The molecule has 0 saturated carbocycles. The van der Waals surface area contributed by atoms with Crippen molar-refractivity contribution in [2.45, 2.75) is 20.8 Å². The Morgan fingerprint density at radius 1 is 0.846 bits per heavy atom. The van der Waals surface area contributed by atoms with Crippen molar-refractivity contribution in [3.05, 3.63) is 77.5 Å². The van der Waals surface area contributed by atoms with Crippen molar-refractivity contribution in [3.8, 4) is 10.7 Å². The molecule has 0 aliphatic heterocycles. The van der Waals surface area contributed by atoms with E-state index in [0.717, 1.165) is 33.3 Å².